The van der Waals surface area contributed by atoms with Crippen LogP contribution in [0.1, 0.15) is 18.4 Å². The van der Waals surface area contributed by atoms with Crippen molar-refractivity contribution in [2.45, 2.75) is 12.8 Å². The second-order valence-corrected chi connectivity index (χ2v) is 4.37. The molecule has 0 amide bonds. The first kappa shape index (κ1) is 12.6. The lowest BCUT2D eigenvalue weighted by Crippen LogP contribution is -2.21. The van der Waals surface area contributed by atoms with Gasteiger partial charge in [0.2, 0.25) is 0 Å². The van der Waals surface area contributed by atoms with Crippen molar-refractivity contribution in [1.82, 2.24) is 0 Å². The fraction of sp³-hybridized carbons (Fsp3) is 0.357. The summed E-state index contributed by atoms with van der Waals surface area (Å²) < 4.78 is 5.20. The first-order valence-corrected chi connectivity index (χ1v) is 5.98. The van der Waals surface area contributed by atoms with Gasteiger partial charge in [0.1, 0.15) is 0 Å². The minimum Gasteiger partial charge on any atom is -0.504 e. The highest BCUT2D eigenvalue weighted by Gasteiger charge is 2.19. The quantitative estimate of drug-likeness (QED) is 0.635. The molecule has 2 rings (SSSR count). The van der Waals surface area contributed by atoms with E-state index in [2.05, 4.69) is 0 Å². The van der Waals surface area contributed by atoms with Gasteiger partial charge >= 0.3 is 0 Å². The monoisotopic (exact) mass is 248 g/mol. The van der Waals surface area contributed by atoms with Crippen LogP contribution in [0.2, 0.25) is 0 Å². The molecule has 4 heteroatoms. The van der Waals surface area contributed by atoms with Crippen molar-refractivity contribution in [1.29, 1.82) is 0 Å². The van der Waals surface area contributed by atoms with Crippen LogP contribution in [0.5, 0.6) is 11.5 Å². The average Bonchev–Trinajstić information content (AvgIpc) is 2.41. The molecular formula is C14H16O4. The van der Waals surface area contributed by atoms with Gasteiger partial charge < -0.3 is 14.9 Å². The summed E-state index contributed by atoms with van der Waals surface area (Å²) in [4.78, 5) is 11.9. The Morgan fingerprint density at radius 3 is 2.61 bits per heavy atom. The van der Waals surface area contributed by atoms with Crippen LogP contribution in [-0.4, -0.2) is 29.2 Å². The molecule has 0 unspecified atom stereocenters. The molecule has 1 heterocycles. The van der Waals surface area contributed by atoms with Crippen LogP contribution in [0.4, 0.5) is 0 Å². The Labute approximate surface area is 106 Å². The van der Waals surface area contributed by atoms with E-state index in [1.165, 1.54) is 18.2 Å². The van der Waals surface area contributed by atoms with Crippen molar-refractivity contribution in [2.75, 3.05) is 13.2 Å². The number of hydrogen-bond acceptors (Lipinski definition) is 4. The van der Waals surface area contributed by atoms with Crippen LogP contribution in [0.25, 0.3) is 6.08 Å². The van der Waals surface area contributed by atoms with Crippen molar-refractivity contribution in [3.05, 3.63) is 29.8 Å². The predicted octanol–water partition coefficient (Wildman–Crippen LogP) is 2.11. The van der Waals surface area contributed by atoms with E-state index < -0.39 is 0 Å². The molecule has 1 aromatic carbocycles. The summed E-state index contributed by atoms with van der Waals surface area (Å²) in [5.41, 5.74) is 0.686. The standard InChI is InChI=1S/C14H16O4/c15-12(11-5-7-18-8-6-11)3-1-10-2-4-13(16)14(17)9-10/h1-4,9,11,16-17H,5-8H2/b3-1+. The molecule has 18 heavy (non-hydrogen) atoms. The SMILES string of the molecule is O=C(/C=C/c1ccc(O)c(O)c1)C1CCOCC1. The molecule has 0 atom stereocenters. The Kier molecular flexibility index (Phi) is 3.99. The van der Waals surface area contributed by atoms with E-state index in [4.69, 9.17) is 4.74 Å². The van der Waals surface area contributed by atoms with Crippen LogP contribution < -0.4 is 0 Å². The average molecular weight is 248 g/mol. The summed E-state index contributed by atoms with van der Waals surface area (Å²) in [5, 5.41) is 18.5. The number of carbonyl (C=O) groups is 1. The molecule has 0 aliphatic carbocycles. The first-order chi connectivity index (χ1) is 8.66. The van der Waals surface area contributed by atoms with Gasteiger partial charge in [0, 0.05) is 19.1 Å². The summed E-state index contributed by atoms with van der Waals surface area (Å²) in [5.74, 6) is -0.217. The number of ether oxygens (including phenoxy) is 1. The van der Waals surface area contributed by atoms with Crippen LogP contribution >= 0.6 is 0 Å². The molecule has 1 aliphatic rings. The molecule has 0 aromatic heterocycles. The third-order valence-electron chi connectivity index (χ3n) is 3.06. The van der Waals surface area contributed by atoms with Crippen LogP contribution in [0, 0.1) is 5.92 Å². The Balaban J connectivity index is 2.01. The van der Waals surface area contributed by atoms with Crippen molar-refractivity contribution < 1.29 is 19.7 Å². The molecule has 2 N–H and O–H groups in total. The lowest BCUT2D eigenvalue weighted by molar-refractivity contribution is -0.120. The predicted molar refractivity (Wildman–Crippen MR) is 67.4 cm³/mol. The summed E-state index contributed by atoms with van der Waals surface area (Å²) in [6, 6.07) is 4.46. The van der Waals surface area contributed by atoms with Gasteiger partial charge in [0.25, 0.3) is 0 Å². The maximum Gasteiger partial charge on any atom is 0.158 e. The van der Waals surface area contributed by atoms with Crippen LogP contribution in [-0.2, 0) is 9.53 Å². The Morgan fingerprint density at radius 1 is 1.22 bits per heavy atom. The van der Waals surface area contributed by atoms with E-state index in [0.717, 1.165) is 12.8 Å². The summed E-state index contributed by atoms with van der Waals surface area (Å²) in [6.45, 7) is 1.29. The molecule has 1 saturated heterocycles. The van der Waals surface area contributed by atoms with Crippen molar-refractivity contribution in [3.8, 4) is 11.5 Å². The molecule has 96 valence electrons. The van der Waals surface area contributed by atoms with Gasteiger partial charge in [-0.1, -0.05) is 12.1 Å². The lowest BCUT2D eigenvalue weighted by atomic mass is 9.95. The maximum atomic E-state index is 11.9. The van der Waals surface area contributed by atoms with Crippen molar-refractivity contribution in [3.63, 3.8) is 0 Å². The maximum absolute atomic E-state index is 11.9. The fourth-order valence-corrected chi connectivity index (χ4v) is 1.94. The number of carbonyl (C=O) groups excluding carboxylic acids is 1. The zero-order valence-electron chi connectivity index (χ0n) is 10.0. The third-order valence-corrected chi connectivity index (χ3v) is 3.06. The molecule has 0 radical (unpaired) electrons. The van der Waals surface area contributed by atoms with Gasteiger partial charge in [-0.25, -0.2) is 0 Å². The molecular weight excluding hydrogens is 232 g/mol. The van der Waals surface area contributed by atoms with E-state index in [0.29, 0.717) is 18.8 Å². The Morgan fingerprint density at radius 2 is 1.94 bits per heavy atom. The molecule has 4 nitrogen and oxygen atoms in total. The summed E-state index contributed by atoms with van der Waals surface area (Å²) in [7, 11) is 0. The Bertz CT molecular complexity index is 459. The fourth-order valence-electron chi connectivity index (χ4n) is 1.94. The molecule has 1 aliphatic heterocycles. The number of benzene rings is 1. The number of aromatic hydroxyl groups is 2. The van der Waals surface area contributed by atoms with E-state index in [1.807, 2.05) is 0 Å². The number of phenolic OH excluding ortho intramolecular Hbond substituents is 2. The first-order valence-electron chi connectivity index (χ1n) is 5.98. The summed E-state index contributed by atoms with van der Waals surface area (Å²) >= 11 is 0. The van der Waals surface area contributed by atoms with Crippen LogP contribution in [0.15, 0.2) is 24.3 Å². The number of ketones is 1. The van der Waals surface area contributed by atoms with E-state index in [-0.39, 0.29) is 23.2 Å². The molecule has 0 bridgehead atoms. The van der Waals surface area contributed by atoms with Gasteiger partial charge in [-0.15, -0.1) is 0 Å². The van der Waals surface area contributed by atoms with Gasteiger partial charge in [0.05, 0.1) is 0 Å². The highest BCUT2D eigenvalue weighted by atomic mass is 16.5. The van der Waals surface area contributed by atoms with Crippen molar-refractivity contribution >= 4 is 11.9 Å². The lowest BCUT2D eigenvalue weighted by Gasteiger charge is -2.19. The third kappa shape index (κ3) is 3.11. The summed E-state index contributed by atoms with van der Waals surface area (Å²) in [6.07, 6.45) is 4.72. The largest absolute Gasteiger partial charge is 0.504 e. The van der Waals surface area contributed by atoms with Crippen LogP contribution in [0.3, 0.4) is 0 Å². The highest BCUT2D eigenvalue weighted by molar-refractivity contribution is 5.95. The second-order valence-electron chi connectivity index (χ2n) is 4.37. The van der Waals surface area contributed by atoms with Crippen molar-refractivity contribution in [2.24, 2.45) is 5.92 Å². The van der Waals surface area contributed by atoms with E-state index >= 15 is 0 Å². The number of rotatable bonds is 3. The van der Waals surface area contributed by atoms with E-state index in [9.17, 15) is 15.0 Å². The minimum absolute atomic E-state index is 0.0423. The topological polar surface area (TPSA) is 66.8 Å². The molecule has 1 aromatic rings. The smallest absolute Gasteiger partial charge is 0.158 e. The van der Waals surface area contributed by atoms with Gasteiger partial charge in [-0.2, -0.15) is 0 Å². The number of allylic oxidation sites excluding steroid dienone is 1. The number of phenols is 2. The highest BCUT2D eigenvalue weighted by Crippen LogP contribution is 2.25. The molecule has 1 fully saturated rings. The zero-order valence-corrected chi connectivity index (χ0v) is 10.0. The zero-order chi connectivity index (χ0) is 13.0. The van der Waals surface area contributed by atoms with Gasteiger partial charge in [0.15, 0.2) is 17.3 Å². The molecule has 0 spiro atoms. The molecule has 0 saturated carbocycles. The number of hydrogen-bond donors (Lipinski definition) is 2. The van der Waals surface area contributed by atoms with E-state index in [1.54, 1.807) is 12.1 Å². The van der Waals surface area contributed by atoms with Gasteiger partial charge in [-0.05, 0) is 36.6 Å². The minimum atomic E-state index is -0.185. The van der Waals surface area contributed by atoms with Gasteiger partial charge in [-0.3, -0.25) is 4.79 Å². The normalized spacial score (nSPS) is 17.1. The Hall–Kier alpha value is -1.81. The second kappa shape index (κ2) is 5.69.